The first-order chi connectivity index (χ1) is 14.0. The van der Waals surface area contributed by atoms with Crippen LogP contribution in [0.25, 0.3) is 10.8 Å². The van der Waals surface area contributed by atoms with Crippen LogP contribution in [-0.2, 0) is 20.9 Å². The Balaban J connectivity index is 1.41. The van der Waals surface area contributed by atoms with Gasteiger partial charge in [-0.3, -0.25) is 10.1 Å². The number of hydrogen-bond acceptors (Lipinski definition) is 6. The van der Waals surface area contributed by atoms with Gasteiger partial charge in [0.25, 0.3) is 5.91 Å². The molecular formula is C20H17ClN2O6. The number of rotatable bonds is 7. The molecule has 0 atom stereocenters. The molecule has 3 aromatic rings. The van der Waals surface area contributed by atoms with E-state index in [0.717, 1.165) is 10.8 Å². The standard InChI is InChI=1S/C20H17ClN2O6/c21-16-7-8-17(15-6-2-1-5-14(15)16)28-12-19(25)29-11-18(24)23-20(26)22-10-13-4-3-9-27-13/h1-9H,10-12H2,(H2,22,23,24,26). The third-order valence-corrected chi connectivity index (χ3v) is 4.13. The molecule has 8 nitrogen and oxygen atoms in total. The van der Waals surface area contributed by atoms with Crippen LogP contribution in [0, 0.1) is 0 Å². The summed E-state index contributed by atoms with van der Waals surface area (Å²) in [6.07, 6.45) is 1.47. The topological polar surface area (TPSA) is 107 Å². The normalized spacial score (nSPS) is 10.4. The molecule has 0 unspecified atom stereocenters. The van der Waals surface area contributed by atoms with Gasteiger partial charge in [0, 0.05) is 15.8 Å². The Kier molecular flexibility index (Phi) is 6.70. The molecule has 0 fully saturated rings. The molecule has 0 aliphatic carbocycles. The number of amides is 3. The van der Waals surface area contributed by atoms with Gasteiger partial charge in [-0.2, -0.15) is 0 Å². The van der Waals surface area contributed by atoms with Crippen molar-refractivity contribution in [1.82, 2.24) is 10.6 Å². The predicted molar refractivity (Wildman–Crippen MR) is 104 cm³/mol. The third-order valence-electron chi connectivity index (χ3n) is 3.80. The highest BCUT2D eigenvalue weighted by molar-refractivity contribution is 6.35. The minimum atomic E-state index is -0.771. The molecule has 2 aromatic carbocycles. The molecule has 3 amide bonds. The van der Waals surface area contributed by atoms with Crippen LogP contribution in [0.1, 0.15) is 5.76 Å². The lowest BCUT2D eigenvalue weighted by molar-refractivity contribution is -0.150. The lowest BCUT2D eigenvalue weighted by Gasteiger charge is -2.10. The smallest absolute Gasteiger partial charge is 0.344 e. The van der Waals surface area contributed by atoms with Crippen LogP contribution < -0.4 is 15.4 Å². The first-order valence-corrected chi connectivity index (χ1v) is 8.96. The lowest BCUT2D eigenvalue weighted by Crippen LogP contribution is -2.41. The Bertz CT molecular complexity index is 1020. The number of ether oxygens (including phenoxy) is 2. The first-order valence-electron chi connectivity index (χ1n) is 8.58. The molecule has 1 heterocycles. The molecule has 9 heteroatoms. The summed E-state index contributed by atoms with van der Waals surface area (Å²) >= 11 is 6.14. The molecule has 2 N–H and O–H groups in total. The van der Waals surface area contributed by atoms with Gasteiger partial charge in [0.15, 0.2) is 13.2 Å². The van der Waals surface area contributed by atoms with Crippen molar-refractivity contribution in [1.29, 1.82) is 0 Å². The number of nitrogens with one attached hydrogen (secondary N) is 2. The second-order valence-electron chi connectivity index (χ2n) is 5.85. The van der Waals surface area contributed by atoms with Crippen molar-refractivity contribution in [3.63, 3.8) is 0 Å². The van der Waals surface area contributed by atoms with Crippen LogP contribution in [0.2, 0.25) is 5.02 Å². The zero-order chi connectivity index (χ0) is 20.6. The molecule has 3 rings (SSSR count). The summed E-state index contributed by atoms with van der Waals surface area (Å²) in [5.41, 5.74) is 0. The summed E-state index contributed by atoms with van der Waals surface area (Å²) in [6, 6.07) is 13.3. The van der Waals surface area contributed by atoms with Gasteiger partial charge in [0.2, 0.25) is 0 Å². The maximum absolute atomic E-state index is 11.8. The first kappa shape index (κ1) is 20.2. The quantitative estimate of drug-likeness (QED) is 0.573. The van der Waals surface area contributed by atoms with E-state index in [0.29, 0.717) is 16.5 Å². The Morgan fingerprint density at radius 3 is 2.52 bits per heavy atom. The van der Waals surface area contributed by atoms with E-state index in [-0.39, 0.29) is 6.54 Å². The van der Waals surface area contributed by atoms with E-state index < -0.39 is 31.1 Å². The van der Waals surface area contributed by atoms with Crippen LogP contribution in [-0.4, -0.2) is 31.1 Å². The number of esters is 1. The second-order valence-corrected chi connectivity index (χ2v) is 6.26. The Morgan fingerprint density at radius 1 is 0.966 bits per heavy atom. The lowest BCUT2D eigenvalue weighted by atomic mass is 10.1. The van der Waals surface area contributed by atoms with E-state index in [1.165, 1.54) is 6.26 Å². The summed E-state index contributed by atoms with van der Waals surface area (Å²) in [6.45, 7) is -0.893. The number of hydrogen-bond donors (Lipinski definition) is 2. The van der Waals surface area contributed by atoms with Gasteiger partial charge in [-0.05, 0) is 24.3 Å². The van der Waals surface area contributed by atoms with Gasteiger partial charge in [-0.1, -0.05) is 35.9 Å². The summed E-state index contributed by atoms with van der Waals surface area (Å²) in [7, 11) is 0. The number of furan rings is 1. The fourth-order valence-electron chi connectivity index (χ4n) is 2.47. The van der Waals surface area contributed by atoms with Crippen molar-refractivity contribution in [3.05, 3.63) is 65.6 Å². The van der Waals surface area contributed by atoms with Crippen LogP contribution in [0.3, 0.4) is 0 Å². The molecule has 0 bridgehead atoms. The minimum Gasteiger partial charge on any atom is -0.481 e. The van der Waals surface area contributed by atoms with Crippen LogP contribution in [0.15, 0.2) is 59.2 Å². The van der Waals surface area contributed by atoms with E-state index in [9.17, 15) is 14.4 Å². The number of carbonyl (C=O) groups excluding carboxylic acids is 3. The van der Waals surface area contributed by atoms with Gasteiger partial charge in [0.1, 0.15) is 11.5 Å². The monoisotopic (exact) mass is 416 g/mol. The van der Waals surface area contributed by atoms with Gasteiger partial charge >= 0.3 is 12.0 Å². The van der Waals surface area contributed by atoms with Crippen molar-refractivity contribution in [2.75, 3.05) is 13.2 Å². The Labute approximate surface area is 170 Å². The molecular weight excluding hydrogens is 400 g/mol. The van der Waals surface area contributed by atoms with Crippen molar-refractivity contribution in [2.24, 2.45) is 0 Å². The molecule has 0 saturated carbocycles. The maximum Gasteiger partial charge on any atom is 0.344 e. The summed E-state index contributed by atoms with van der Waals surface area (Å²) < 4.78 is 15.3. The molecule has 0 saturated heterocycles. The number of imide groups is 1. The van der Waals surface area contributed by atoms with Crippen LogP contribution >= 0.6 is 11.6 Å². The van der Waals surface area contributed by atoms with Crippen LogP contribution in [0.4, 0.5) is 4.79 Å². The Morgan fingerprint density at radius 2 is 1.76 bits per heavy atom. The average molecular weight is 417 g/mol. The number of halogens is 1. The molecule has 1 aromatic heterocycles. The van der Waals surface area contributed by atoms with E-state index >= 15 is 0 Å². The highest BCUT2D eigenvalue weighted by atomic mass is 35.5. The molecule has 0 spiro atoms. The van der Waals surface area contributed by atoms with Gasteiger partial charge in [-0.25, -0.2) is 9.59 Å². The van der Waals surface area contributed by atoms with Gasteiger partial charge < -0.3 is 19.2 Å². The van der Waals surface area contributed by atoms with Crippen molar-refractivity contribution < 1.29 is 28.3 Å². The molecule has 0 aliphatic rings. The molecule has 0 aliphatic heterocycles. The summed E-state index contributed by atoms with van der Waals surface area (Å²) in [5.74, 6) is -0.531. The molecule has 29 heavy (non-hydrogen) atoms. The number of urea groups is 1. The maximum atomic E-state index is 11.8. The highest BCUT2D eigenvalue weighted by Gasteiger charge is 2.13. The van der Waals surface area contributed by atoms with Crippen molar-refractivity contribution in [2.45, 2.75) is 6.54 Å². The molecule has 0 radical (unpaired) electrons. The second kappa shape index (κ2) is 9.61. The average Bonchev–Trinajstić information content (AvgIpc) is 3.24. The van der Waals surface area contributed by atoms with E-state index in [2.05, 4.69) is 5.32 Å². The van der Waals surface area contributed by atoms with Crippen molar-refractivity contribution >= 4 is 40.3 Å². The zero-order valence-electron chi connectivity index (χ0n) is 15.1. The SMILES string of the molecule is O=C(COC(=O)COc1ccc(Cl)c2ccccc12)NC(=O)NCc1ccco1. The summed E-state index contributed by atoms with van der Waals surface area (Å²) in [5, 5.41) is 6.58. The Hall–Kier alpha value is -3.52. The number of fused-ring (bicyclic) bond motifs is 1. The number of carbonyl (C=O) groups is 3. The van der Waals surface area contributed by atoms with Gasteiger partial charge in [-0.15, -0.1) is 0 Å². The van der Waals surface area contributed by atoms with Crippen LogP contribution in [0.5, 0.6) is 5.75 Å². The van der Waals surface area contributed by atoms with Crippen molar-refractivity contribution in [3.8, 4) is 5.75 Å². The third kappa shape index (κ3) is 5.73. The van der Waals surface area contributed by atoms with E-state index in [4.69, 9.17) is 25.5 Å². The van der Waals surface area contributed by atoms with Gasteiger partial charge in [0.05, 0.1) is 12.8 Å². The fraction of sp³-hybridized carbons (Fsp3) is 0.150. The highest BCUT2D eigenvalue weighted by Crippen LogP contribution is 2.31. The predicted octanol–water partition coefficient (Wildman–Crippen LogP) is 3.03. The van der Waals surface area contributed by atoms with E-state index in [1.807, 2.05) is 29.6 Å². The van der Waals surface area contributed by atoms with E-state index in [1.54, 1.807) is 24.3 Å². The molecule has 150 valence electrons. The number of benzene rings is 2. The minimum absolute atomic E-state index is 0.120. The largest absolute Gasteiger partial charge is 0.481 e. The summed E-state index contributed by atoms with van der Waals surface area (Å²) in [4.78, 5) is 35.1. The zero-order valence-corrected chi connectivity index (χ0v) is 15.9. The fourth-order valence-corrected chi connectivity index (χ4v) is 2.70.